The highest BCUT2D eigenvalue weighted by Crippen LogP contribution is 2.23. The molecule has 1 saturated heterocycles. The Bertz CT molecular complexity index is 943. The first-order chi connectivity index (χ1) is 14.2. The molecule has 0 spiro atoms. The first kappa shape index (κ1) is 19.0. The van der Waals surface area contributed by atoms with Crippen LogP contribution in [0.1, 0.15) is 18.7 Å². The number of benzene rings is 1. The summed E-state index contributed by atoms with van der Waals surface area (Å²) in [5, 5.41) is 10.0. The average Bonchev–Trinajstić information content (AvgIpc) is 3.24. The lowest BCUT2D eigenvalue weighted by atomic mass is 9.97. The number of amides is 1. The molecule has 29 heavy (non-hydrogen) atoms. The number of methoxy groups -OCH3 is 1. The van der Waals surface area contributed by atoms with Gasteiger partial charge in [-0.1, -0.05) is 0 Å². The molecule has 9 heteroatoms. The molecule has 1 aliphatic rings. The molecule has 1 amide bonds. The molecule has 4 rings (SSSR count). The smallest absolute Gasteiger partial charge is 0.229 e. The van der Waals surface area contributed by atoms with E-state index < -0.39 is 0 Å². The number of aromatic amines is 1. The number of carbonyl (C=O) groups excluding carboxylic acids is 1. The number of anilines is 2. The van der Waals surface area contributed by atoms with Crippen molar-refractivity contribution in [3.8, 4) is 11.4 Å². The molecule has 0 aliphatic carbocycles. The van der Waals surface area contributed by atoms with Gasteiger partial charge in [-0.2, -0.15) is 5.10 Å². The zero-order valence-corrected chi connectivity index (χ0v) is 16.2. The highest BCUT2D eigenvalue weighted by molar-refractivity contribution is 5.93. The van der Waals surface area contributed by atoms with Crippen molar-refractivity contribution >= 4 is 17.5 Å². The predicted molar refractivity (Wildman–Crippen MR) is 108 cm³/mol. The largest absolute Gasteiger partial charge is 0.377 e. The Balaban J connectivity index is 1.37. The van der Waals surface area contributed by atoms with Crippen LogP contribution >= 0.6 is 0 Å². The Kier molecular flexibility index (Phi) is 5.76. The fourth-order valence-corrected chi connectivity index (χ4v) is 3.40. The van der Waals surface area contributed by atoms with Gasteiger partial charge >= 0.3 is 0 Å². The molecule has 3 heterocycles. The Hall–Kier alpha value is -3.33. The third kappa shape index (κ3) is 4.57. The van der Waals surface area contributed by atoms with E-state index in [1.54, 1.807) is 25.6 Å². The molecule has 1 aromatic carbocycles. The SMILES string of the molecule is COCc1nc(-c2ccc(NC(=O)[C@H]3CCCN(c4ncccn4)C3)cc2)n[nH]1. The maximum absolute atomic E-state index is 12.8. The summed E-state index contributed by atoms with van der Waals surface area (Å²) in [5.74, 6) is 1.86. The highest BCUT2D eigenvalue weighted by atomic mass is 16.5. The van der Waals surface area contributed by atoms with E-state index in [0.717, 1.165) is 30.6 Å². The van der Waals surface area contributed by atoms with Crippen molar-refractivity contribution in [1.29, 1.82) is 0 Å². The van der Waals surface area contributed by atoms with Crippen LogP contribution in [-0.4, -0.2) is 51.3 Å². The van der Waals surface area contributed by atoms with Crippen LogP contribution < -0.4 is 10.2 Å². The van der Waals surface area contributed by atoms with Crippen LogP contribution in [0.15, 0.2) is 42.7 Å². The third-order valence-corrected chi connectivity index (χ3v) is 4.85. The van der Waals surface area contributed by atoms with Crippen molar-refractivity contribution in [2.45, 2.75) is 19.4 Å². The molecule has 1 fully saturated rings. The average molecular weight is 393 g/mol. The Morgan fingerprint density at radius 2 is 2.07 bits per heavy atom. The minimum atomic E-state index is -0.100. The Morgan fingerprint density at radius 3 is 2.83 bits per heavy atom. The number of H-pyrrole nitrogens is 1. The molecule has 3 aromatic rings. The number of nitrogens with one attached hydrogen (secondary N) is 2. The summed E-state index contributed by atoms with van der Waals surface area (Å²) in [6.45, 7) is 1.87. The predicted octanol–water partition coefficient (Wildman–Crippen LogP) is 2.26. The summed E-state index contributed by atoms with van der Waals surface area (Å²) in [6, 6.07) is 9.29. The molecule has 0 bridgehead atoms. The second-order valence-corrected chi connectivity index (χ2v) is 6.94. The van der Waals surface area contributed by atoms with Gasteiger partial charge < -0.3 is 15.0 Å². The van der Waals surface area contributed by atoms with E-state index in [2.05, 4.69) is 35.4 Å². The number of carbonyl (C=O) groups is 1. The Morgan fingerprint density at radius 1 is 1.28 bits per heavy atom. The molecular formula is C20H23N7O2. The molecule has 0 saturated carbocycles. The summed E-state index contributed by atoms with van der Waals surface area (Å²) < 4.78 is 5.04. The van der Waals surface area contributed by atoms with Gasteiger partial charge in [0.05, 0.1) is 5.92 Å². The van der Waals surface area contributed by atoms with E-state index in [1.807, 2.05) is 24.3 Å². The molecule has 9 nitrogen and oxygen atoms in total. The zero-order chi connectivity index (χ0) is 20.1. The summed E-state index contributed by atoms with van der Waals surface area (Å²) in [6.07, 6.45) is 5.23. The van der Waals surface area contributed by atoms with Gasteiger partial charge in [0, 0.05) is 43.8 Å². The normalized spacial score (nSPS) is 16.6. The summed E-state index contributed by atoms with van der Waals surface area (Å²) in [5.41, 5.74) is 1.62. The standard InChI is InChI=1S/C20H23N7O2/c1-29-13-17-24-18(26-25-17)14-5-7-16(8-6-14)23-19(28)15-4-2-11-27(12-15)20-21-9-3-10-22-20/h3,5-10,15H,2,4,11-13H2,1H3,(H,23,28)(H,24,25,26)/t15-/m0/s1. The number of piperidine rings is 1. The molecule has 2 aromatic heterocycles. The quantitative estimate of drug-likeness (QED) is 0.661. The van der Waals surface area contributed by atoms with Gasteiger partial charge in [0.25, 0.3) is 0 Å². The first-order valence-corrected chi connectivity index (χ1v) is 9.56. The fraction of sp³-hybridized carbons (Fsp3) is 0.350. The topological polar surface area (TPSA) is 109 Å². The molecule has 1 atom stereocenters. The van der Waals surface area contributed by atoms with E-state index in [9.17, 15) is 4.79 Å². The van der Waals surface area contributed by atoms with Crippen LogP contribution in [0.2, 0.25) is 0 Å². The van der Waals surface area contributed by atoms with Gasteiger partial charge in [0.15, 0.2) is 11.6 Å². The molecule has 1 aliphatic heterocycles. The van der Waals surface area contributed by atoms with E-state index in [0.29, 0.717) is 30.7 Å². The number of hydrogen-bond acceptors (Lipinski definition) is 7. The molecule has 150 valence electrons. The molecular weight excluding hydrogens is 370 g/mol. The number of nitrogens with zero attached hydrogens (tertiary/aromatic N) is 5. The van der Waals surface area contributed by atoms with Crippen molar-refractivity contribution in [2.75, 3.05) is 30.4 Å². The third-order valence-electron chi connectivity index (χ3n) is 4.85. The first-order valence-electron chi connectivity index (χ1n) is 9.56. The lowest BCUT2D eigenvalue weighted by Crippen LogP contribution is -2.41. The van der Waals surface area contributed by atoms with E-state index >= 15 is 0 Å². The lowest BCUT2D eigenvalue weighted by molar-refractivity contribution is -0.120. The number of rotatable bonds is 6. The summed E-state index contributed by atoms with van der Waals surface area (Å²) in [7, 11) is 1.61. The van der Waals surface area contributed by atoms with E-state index in [1.165, 1.54) is 0 Å². The maximum Gasteiger partial charge on any atom is 0.229 e. The van der Waals surface area contributed by atoms with Crippen LogP contribution in [0.4, 0.5) is 11.6 Å². The van der Waals surface area contributed by atoms with Gasteiger partial charge in [-0.25, -0.2) is 15.0 Å². The van der Waals surface area contributed by atoms with Gasteiger partial charge in [0.2, 0.25) is 11.9 Å². The molecule has 2 N–H and O–H groups in total. The van der Waals surface area contributed by atoms with Gasteiger partial charge in [-0.15, -0.1) is 0 Å². The maximum atomic E-state index is 12.8. The summed E-state index contributed by atoms with van der Waals surface area (Å²) >= 11 is 0. The van der Waals surface area contributed by atoms with Gasteiger partial charge in [-0.05, 0) is 43.2 Å². The van der Waals surface area contributed by atoms with E-state index in [4.69, 9.17) is 4.74 Å². The van der Waals surface area contributed by atoms with Crippen LogP contribution in [0.5, 0.6) is 0 Å². The van der Waals surface area contributed by atoms with Crippen molar-refractivity contribution in [2.24, 2.45) is 5.92 Å². The van der Waals surface area contributed by atoms with Gasteiger partial charge in [0.1, 0.15) is 6.61 Å². The second kappa shape index (κ2) is 8.78. The monoisotopic (exact) mass is 393 g/mol. The Labute approximate surface area is 168 Å². The lowest BCUT2D eigenvalue weighted by Gasteiger charge is -2.31. The highest BCUT2D eigenvalue weighted by Gasteiger charge is 2.27. The van der Waals surface area contributed by atoms with Gasteiger partial charge in [-0.3, -0.25) is 9.89 Å². The zero-order valence-electron chi connectivity index (χ0n) is 16.2. The number of ether oxygens (including phenoxy) is 1. The molecule has 0 radical (unpaired) electrons. The minimum Gasteiger partial charge on any atom is -0.377 e. The fourth-order valence-electron chi connectivity index (χ4n) is 3.40. The molecule has 0 unspecified atom stereocenters. The van der Waals surface area contributed by atoms with E-state index in [-0.39, 0.29) is 11.8 Å². The van der Waals surface area contributed by atoms with Crippen molar-refractivity contribution in [1.82, 2.24) is 25.1 Å². The van der Waals surface area contributed by atoms with Crippen molar-refractivity contribution in [3.05, 3.63) is 48.5 Å². The van der Waals surface area contributed by atoms with Crippen molar-refractivity contribution in [3.63, 3.8) is 0 Å². The number of aromatic nitrogens is 5. The van der Waals surface area contributed by atoms with Crippen LogP contribution in [0.3, 0.4) is 0 Å². The van der Waals surface area contributed by atoms with Crippen LogP contribution in [0, 0.1) is 5.92 Å². The summed E-state index contributed by atoms with van der Waals surface area (Å²) in [4.78, 5) is 27.8. The van der Waals surface area contributed by atoms with Crippen molar-refractivity contribution < 1.29 is 9.53 Å². The second-order valence-electron chi connectivity index (χ2n) is 6.94. The minimum absolute atomic E-state index is 0.0126. The van der Waals surface area contributed by atoms with Crippen LogP contribution in [-0.2, 0) is 16.1 Å². The number of hydrogen-bond donors (Lipinski definition) is 2. The van der Waals surface area contributed by atoms with Crippen LogP contribution in [0.25, 0.3) is 11.4 Å².